The van der Waals surface area contributed by atoms with Crippen LogP contribution in [0.2, 0.25) is 0 Å². The first-order valence-electron chi connectivity index (χ1n) is 4.80. The summed E-state index contributed by atoms with van der Waals surface area (Å²) in [6, 6.07) is 1.68. The highest BCUT2D eigenvalue weighted by Gasteiger charge is 2.36. The molecule has 0 radical (unpaired) electrons. The summed E-state index contributed by atoms with van der Waals surface area (Å²) in [5.41, 5.74) is -0.705. The number of aryl methyl sites for hydroxylation is 2. The third-order valence-corrected chi connectivity index (χ3v) is 2.35. The molecule has 0 aliphatic rings. The lowest BCUT2D eigenvalue weighted by Gasteiger charge is -2.18. The fourth-order valence-electron chi connectivity index (χ4n) is 1.10. The molecule has 1 aromatic heterocycles. The van der Waals surface area contributed by atoms with Crippen LogP contribution < -0.4 is 5.32 Å². The van der Waals surface area contributed by atoms with Gasteiger partial charge in [0.05, 0.1) is 5.69 Å². The van der Waals surface area contributed by atoms with Crippen molar-refractivity contribution in [2.45, 2.75) is 20.8 Å². The number of amides is 1. The summed E-state index contributed by atoms with van der Waals surface area (Å²) < 4.78 is 1.49. The number of anilines is 1. The predicted octanol–water partition coefficient (Wildman–Crippen LogP) is 0.778. The van der Waals surface area contributed by atoms with Gasteiger partial charge < -0.3 is 10.4 Å². The Morgan fingerprint density at radius 3 is 2.44 bits per heavy atom. The minimum absolute atomic E-state index is 0.483. The van der Waals surface area contributed by atoms with Crippen molar-refractivity contribution in [1.82, 2.24) is 9.78 Å². The molecule has 6 heteroatoms. The van der Waals surface area contributed by atoms with Crippen molar-refractivity contribution >= 4 is 17.7 Å². The molecule has 0 aliphatic carbocycles. The van der Waals surface area contributed by atoms with Gasteiger partial charge in [0.1, 0.15) is 11.2 Å². The van der Waals surface area contributed by atoms with Crippen LogP contribution in [-0.2, 0) is 16.6 Å². The first kappa shape index (κ1) is 12.2. The molecule has 88 valence electrons. The summed E-state index contributed by atoms with van der Waals surface area (Å²) in [7, 11) is 1.68. The molecule has 6 nitrogen and oxygen atoms in total. The molecule has 0 aliphatic heterocycles. The minimum Gasteiger partial charge on any atom is -0.480 e. The predicted molar refractivity (Wildman–Crippen MR) is 58.0 cm³/mol. The third kappa shape index (κ3) is 2.21. The maximum absolute atomic E-state index is 11.7. The molecule has 0 fully saturated rings. The zero-order valence-electron chi connectivity index (χ0n) is 9.74. The Hall–Kier alpha value is -1.85. The quantitative estimate of drug-likeness (QED) is 0.744. The van der Waals surface area contributed by atoms with Gasteiger partial charge in [0.15, 0.2) is 0 Å². The Morgan fingerprint density at radius 1 is 1.50 bits per heavy atom. The zero-order valence-corrected chi connectivity index (χ0v) is 9.74. The molecule has 16 heavy (non-hydrogen) atoms. The SMILES string of the molecule is Cc1cc(NC(=O)C(C)(C)C(=O)O)n(C)n1. The lowest BCUT2D eigenvalue weighted by Crippen LogP contribution is -2.38. The summed E-state index contributed by atoms with van der Waals surface area (Å²) in [5.74, 6) is -1.25. The fourth-order valence-corrected chi connectivity index (χ4v) is 1.10. The van der Waals surface area contributed by atoms with Crippen LogP contribution in [-0.4, -0.2) is 26.8 Å². The van der Waals surface area contributed by atoms with E-state index >= 15 is 0 Å². The molecular formula is C10H15N3O3. The van der Waals surface area contributed by atoms with E-state index in [4.69, 9.17) is 5.11 Å². The number of nitrogens with zero attached hydrogens (tertiary/aromatic N) is 2. The monoisotopic (exact) mass is 225 g/mol. The summed E-state index contributed by atoms with van der Waals surface area (Å²) >= 11 is 0. The van der Waals surface area contributed by atoms with Gasteiger partial charge in [-0.3, -0.25) is 14.3 Å². The third-order valence-electron chi connectivity index (χ3n) is 2.35. The number of carboxylic acid groups (broad SMARTS) is 1. The van der Waals surface area contributed by atoms with E-state index in [2.05, 4.69) is 10.4 Å². The molecule has 1 heterocycles. The lowest BCUT2D eigenvalue weighted by atomic mass is 9.93. The van der Waals surface area contributed by atoms with Gasteiger partial charge >= 0.3 is 5.97 Å². The normalized spacial score (nSPS) is 11.2. The molecule has 0 spiro atoms. The number of carbonyl (C=O) groups is 2. The molecule has 0 saturated heterocycles. The topological polar surface area (TPSA) is 84.2 Å². The molecule has 2 N–H and O–H groups in total. The highest BCUT2D eigenvalue weighted by atomic mass is 16.4. The zero-order chi connectivity index (χ0) is 12.5. The van der Waals surface area contributed by atoms with E-state index in [-0.39, 0.29) is 0 Å². The first-order chi connectivity index (χ1) is 7.25. The highest BCUT2D eigenvalue weighted by molar-refractivity contribution is 6.07. The second-order valence-electron chi connectivity index (χ2n) is 4.18. The number of hydrogen-bond acceptors (Lipinski definition) is 3. The molecule has 0 saturated carbocycles. The van der Waals surface area contributed by atoms with E-state index in [1.165, 1.54) is 18.5 Å². The Morgan fingerprint density at radius 2 is 2.06 bits per heavy atom. The van der Waals surface area contributed by atoms with Crippen LogP contribution in [0.3, 0.4) is 0 Å². The standard InChI is InChI=1S/C10H15N3O3/c1-6-5-7(13(4)12-6)11-8(14)10(2,3)9(15)16/h5H,1-4H3,(H,11,14)(H,15,16). The first-order valence-corrected chi connectivity index (χ1v) is 4.80. The summed E-state index contributed by atoms with van der Waals surface area (Å²) in [5, 5.41) is 15.5. The van der Waals surface area contributed by atoms with Crippen molar-refractivity contribution in [3.8, 4) is 0 Å². The van der Waals surface area contributed by atoms with Crippen LogP contribution in [0.5, 0.6) is 0 Å². The second-order valence-corrected chi connectivity index (χ2v) is 4.18. The van der Waals surface area contributed by atoms with Crippen LogP contribution in [0, 0.1) is 12.3 Å². The Bertz CT molecular complexity index is 435. The van der Waals surface area contributed by atoms with Crippen LogP contribution in [0.15, 0.2) is 6.07 Å². The van der Waals surface area contributed by atoms with Gasteiger partial charge in [-0.05, 0) is 20.8 Å². The lowest BCUT2D eigenvalue weighted by molar-refractivity contribution is -0.151. The van der Waals surface area contributed by atoms with Crippen molar-refractivity contribution in [2.75, 3.05) is 5.32 Å². The Labute approximate surface area is 93.3 Å². The molecule has 1 rings (SSSR count). The van der Waals surface area contributed by atoms with Crippen LogP contribution in [0.25, 0.3) is 0 Å². The number of nitrogens with one attached hydrogen (secondary N) is 1. The molecule has 0 atom stereocenters. The van der Waals surface area contributed by atoms with Gasteiger partial charge in [0.25, 0.3) is 0 Å². The smallest absolute Gasteiger partial charge is 0.318 e. The Balaban J connectivity index is 2.87. The minimum atomic E-state index is -1.46. The molecule has 0 bridgehead atoms. The number of carbonyl (C=O) groups excluding carboxylic acids is 1. The highest BCUT2D eigenvalue weighted by Crippen LogP contribution is 2.19. The van der Waals surface area contributed by atoms with E-state index in [1.54, 1.807) is 20.0 Å². The summed E-state index contributed by atoms with van der Waals surface area (Å²) in [6.45, 7) is 4.50. The van der Waals surface area contributed by atoms with Crippen molar-refractivity contribution in [3.05, 3.63) is 11.8 Å². The van der Waals surface area contributed by atoms with Crippen LogP contribution >= 0.6 is 0 Å². The summed E-state index contributed by atoms with van der Waals surface area (Å²) in [6.07, 6.45) is 0. The average molecular weight is 225 g/mol. The van der Waals surface area contributed by atoms with Gasteiger partial charge in [0.2, 0.25) is 5.91 Å². The number of rotatable bonds is 3. The molecule has 0 unspecified atom stereocenters. The summed E-state index contributed by atoms with van der Waals surface area (Å²) in [4.78, 5) is 22.6. The Kier molecular flexibility index (Phi) is 3.02. The molecule has 1 aromatic rings. The maximum Gasteiger partial charge on any atom is 0.318 e. The van der Waals surface area contributed by atoms with Crippen molar-refractivity contribution in [3.63, 3.8) is 0 Å². The number of aliphatic carboxylic acids is 1. The van der Waals surface area contributed by atoms with E-state index in [1.807, 2.05) is 0 Å². The van der Waals surface area contributed by atoms with Crippen LogP contribution in [0.4, 0.5) is 5.82 Å². The van der Waals surface area contributed by atoms with Crippen molar-refractivity contribution in [2.24, 2.45) is 12.5 Å². The van der Waals surface area contributed by atoms with Crippen molar-refractivity contribution in [1.29, 1.82) is 0 Å². The van der Waals surface area contributed by atoms with Gasteiger partial charge in [-0.25, -0.2) is 0 Å². The number of hydrogen-bond donors (Lipinski definition) is 2. The largest absolute Gasteiger partial charge is 0.480 e. The van der Waals surface area contributed by atoms with Gasteiger partial charge in [-0.1, -0.05) is 0 Å². The van der Waals surface area contributed by atoms with E-state index in [0.717, 1.165) is 5.69 Å². The van der Waals surface area contributed by atoms with Crippen molar-refractivity contribution < 1.29 is 14.7 Å². The van der Waals surface area contributed by atoms with Gasteiger partial charge in [0, 0.05) is 13.1 Å². The molecule has 1 amide bonds. The van der Waals surface area contributed by atoms with E-state index in [9.17, 15) is 9.59 Å². The number of aromatic nitrogens is 2. The van der Waals surface area contributed by atoms with Gasteiger partial charge in [-0.2, -0.15) is 5.10 Å². The fraction of sp³-hybridized carbons (Fsp3) is 0.500. The average Bonchev–Trinajstić information content (AvgIpc) is 2.44. The maximum atomic E-state index is 11.7. The molecular weight excluding hydrogens is 210 g/mol. The van der Waals surface area contributed by atoms with Crippen LogP contribution in [0.1, 0.15) is 19.5 Å². The molecule has 0 aromatic carbocycles. The number of carboxylic acids is 1. The van der Waals surface area contributed by atoms with E-state index < -0.39 is 17.3 Å². The second kappa shape index (κ2) is 3.96. The van der Waals surface area contributed by atoms with Gasteiger partial charge in [-0.15, -0.1) is 0 Å². The van der Waals surface area contributed by atoms with E-state index in [0.29, 0.717) is 5.82 Å².